The highest BCUT2D eigenvalue weighted by atomic mass is 16.5. The molecule has 0 aliphatic heterocycles. The quantitative estimate of drug-likeness (QED) is 0.782. The molecule has 2 fully saturated rings. The van der Waals surface area contributed by atoms with Gasteiger partial charge in [0.05, 0.1) is 6.10 Å². The van der Waals surface area contributed by atoms with Crippen LogP contribution in [-0.2, 0) is 9.53 Å². The van der Waals surface area contributed by atoms with E-state index in [2.05, 4.69) is 6.92 Å². The van der Waals surface area contributed by atoms with Crippen molar-refractivity contribution in [3.63, 3.8) is 0 Å². The number of aliphatic carboxylic acids is 1. The molecule has 0 radical (unpaired) electrons. The number of carbonyl (C=O) groups is 1. The second-order valence-corrected chi connectivity index (χ2v) is 5.15. The molecule has 0 unspecified atom stereocenters. The first-order valence-corrected chi connectivity index (χ1v) is 6.04. The van der Waals surface area contributed by atoms with Crippen molar-refractivity contribution in [3.05, 3.63) is 0 Å². The number of ether oxygens (including phenoxy) is 1. The van der Waals surface area contributed by atoms with E-state index < -0.39 is 11.6 Å². The molecule has 2 aliphatic rings. The monoisotopic (exact) mass is 212 g/mol. The Bertz CT molecular complexity index is 237. The summed E-state index contributed by atoms with van der Waals surface area (Å²) in [5, 5.41) is 9.32. The van der Waals surface area contributed by atoms with Crippen molar-refractivity contribution in [2.45, 2.75) is 63.6 Å². The van der Waals surface area contributed by atoms with Gasteiger partial charge < -0.3 is 9.84 Å². The van der Waals surface area contributed by atoms with Crippen LogP contribution in [0.15, 0.2) is 0 Å². The molecule has 0 aromatic rings. The van der Waals surface area contributed by atoms with E-state index in [1.165, 1.54) is 6.42 Å². The highest BCUT2D eigenvalue weighted by molar-refractivity contribution is 5.77. The lowest BCUT2D eigenvalue weighted by molar-refractivity contribution is -0.188. The maximum absolute atomic E-state index is 11.3. The molecule has 86 valence electrons. The normalized spacial score (nSPS) is 37.3. The summed E-state index contributed by atoms with van der Waals surface area (Å²) < 4.78 is 5.83. The number of hydrogen-bond donors (Lipinski definition) is 1. The molecule has 2 saturated carbocycles. The fourth-order valence-corrected chi connectivity index (χ4v) is 2.42. The van der Waals surface area contributed by atoms with Gasteiger partial charge in [-0.15, -0.1) is 0 Å². The lowest BCUT2D eigenvalue weighted by Gasteiger charge is -2.40. The Kier molecular flexibility index (Phi) is 3.01. The minimum Gasteiger partial charge on any atom is -0.479 e. The van der Waals surface area contributed by atoms with E-state index in [1.54, 1.807) is 0 Å². The summed E-state index contributed by atoms with van der Waals surface area (Å²) in [6.45, 7) is 2.19. The summed E-state index contributed by atoms with van der Waals surface area (Å²) in [6, 6.07) is 0. The molecule has 2 aliphatic carbocycles. The minimum absolute atomic E-state index is 0.217. The van der Waals surface area contributed by atoms with Crippen molar-refractivity contribution in [3.8, 4) is 0 Å². The average molecular weight is 212 g/mol. The van der Waals surface area contributed by atoms with E-state index in [0.717, 1.165) is 25.7 Å². The SMILES string of the molecule is CC1CCC(OC2CCC2)(C(=O)O)CC1. The number of carboxylic acids is 1. The molecular weight excluding hydrogens is 192 g/mol. The van der Waals surface area contributed by atoms with Crippen LogP contribution in [0.2, 0.25) is 0 Å². The third-order valence-electron chi connectivity index (χ3n) is 3.92. The molecule has 1 N–H and O–H groups in total. The Hall–Kier alpha value is -0.570. The molecule has 0 spiro atoms. The van der Waals surface area contributed by atoms with Crippen LogP contribution < -0.4 is 0 Å². The van der Waals surface area contributed by atoms with Gasteiger partial charge in [0.1, 0.15) is 0 Å². The van der Waals surface area contributed by atoms with E-state index in [-0.39, 0.29) is 6.10 Å². The molecule has 0 amide bonds. The molecular formula is C12H20O3. The Morgan fingerprint density at radius 3 is 2.27 bits per heavy atom. The zero-order valence-electron chi connectivity index (χ0n) is 9.37. The van der Waals surface area contributed by atoms with Gasteiger partial charge in [0.2, 0.25) is 0 Å². The lowest BCUT2D eigenvalue weighted by atomic mass is 9.79. The third kappa shape index (κ3) is 2.17. The summed E-state index contributed by atoms with van der Waals surface area (Å²) in [5.74, 6) is -0.0937. The van der Waals surface area contributed by atoms with Crippen LogP contribution in [0.3, 0.4) is 0 Å². The van der Waals surface area contributed by atoms with Gasteiger partial charge in [-0.3, -0.25) is 0 Å². The second-order valence-electron chi connectivity index (χ2n) is 5.15. The van der Waals surface area contributed by atoms with Crippen molar-refractivity contribution in [2.75, 3.05) is 0 Å². The van der Waals surface area contributed by atoms with Gasteiger partial charge in [0, 0.05) is 0 Å². The Morgan fingerprint density at radius 2 is 1.87 bits per heavy atom. The zero-order valence-corrected chi connectivity index (χ0v) is 9.37. The van der Waals surface area contributed by atoms with Crippen LogP contribution in [-0.4, -0.2) is 22.8 Å². The fourth-order valence-electron chi connectivity index (χ4n) is 2.42. The van der Waals surface area contributed by atoms with E-state index in [0.29, 0.717) is 18.8 Å². The number of hydrogen-bond acceptors (Lipinski definition) is 2. The van der Waals surface area contributed by atoms with E-state index in [4.69, 9.17) is 4.74 Å². The van der Waals surface area contributed by atoms with Crippen molar-refractivity contribution >= 4 is 5.97 Å². The molecule has 3 nitrogen and oxygen atoms in total. The molecule has 15 heavy (non-hydrogen) atoms. The summed E-state index contributed by atoms with van der Waals surface area (Å²) >= 11 is 0. The molecule has 0 bridgehead atoms. The highest BCUT2D eigenvalue weighted by Crippen LogP contribution is 2.38. The van der Waals surface area contributed by atoms with Crippen molar-refractivity contribution in [1.82, 2.24) is 0 Å². The predicted octanol–water partition coefficient (Wildman–Crippen LogP) is 2.59. The molecule has 0 aromatic carbocycles. The van der Waals surface area contributed by atoms with Crippen LogP contribution in [0.4, 0.5) is 0 Å². The predicted molar refractivity (Wildman–Crippen MR) is 56.7 cm³/mol. The Morgan fingerprint density at radius 1 is 1.27 bits per heavy atom. The summed E-state index contributed by atoms with van der Waals surface area (Å²) in [4.78, 5) is 11.3. The lowest BCUT2D eigenvalue weighted by Crippen LogP contribution is -2.48. The van der Waals surface area contributed by atoms with Crippen LogP contribution in [0.5, 0.6) is 0 Å². The van der Waals surface area contributed by atoms with Crippen LogP contribution in [0, 0.1) is 5.92 Å². The summed E-state index contributed by atoms with van der Waals surface area (Å²) in [6.07, 6.45) is 6.86. The maximum Gasteiger partial charge on any atom is 0.335 e. The van der Waals surface area contributed by atoms with Crippen molar-refractivity contribution in [1.29, 1.82) is 0 Å². The Labute approximate surface area is 90.8 Å². The van der Waals surface area contributed by atoms with E-state index in [9.17, 15) is 9.90 Å². The minimum atomic E-state index is -0.850. The molecule has 0 heterocycles. The first-order valence-electron chi connectivity index (χ1n) is 6.04. The number of rotatable bonds is 3. The Balaban J connectivity index is 1.99. The van der Waals surface area contributed by atoms with Gasteiger partial charge in [0.15, 0.2) is 5.60 Å². The van der Waals surface area contributed by atoms with Gasteiger partial charge in [-0.25, -0.2) is 4.79 Å². The molecule has 0 saturated heterocycles. The van der Waals surface area contributed by atoms with E-state index in [1.807, 2.05) is 0 Å². The van der Waals surface area contributed by atoms with Crippen molar-refractivity contribution < 1.29 is 14.6 Å². The van der Waals surface area contributed by atoms with Gasteiger partial charge >= 0.3 is 5.97 Å². The highest BCUT2D eigenvalue weighted by Gasteiger charge is 2.44. The van der Waals surface area contributed by atoms with Gasteiger partial charge in [-0.1, -0.05) is 6.92 Å². The fraction of sp³-hybridized carbons (Fsp3) is 0.917. The first-order chi connectivity index (χ1) is 7.12. The summed E-state index contributed by atoms with van der Waals surface area (Å²) in [7, 11) is 0. The zero-order chi connectivity index (χ0) is 10.9. The largest absolute Gasteiger partial charge is 0.479 e. The smallest absolute Gasteiger partial charge is 0.335 e. The van der Waals surface area contributed by atoms with E-state index >= 15 is 0 Å². The summed E-state index contributed by atoms with van der Waals surface area (Å²) in [5.41, 5.74) is -0.850. The number of carboxylic acid groups (broad SMARTS) is 1. The van der Waals surface area contributed by atoms with Gasteiger partial charge in [0.25, 0.3) is 0 Å². The van der Waals surface area contributed by atoms with Crippen LogP contribution in [0.1, 0.15) is 51.9 Å². The standard InChI is InChI=1S/C12H20O3/c1-9-5-7-12(8-6-9,11(13)14)15-10-3-2-4-10/h9-10H,2-8H2,1H3,(H,13,14). The van der Waals surface area contributed by atoms with Crippen molar-refractivity contribution in [2.24, 2.45) is 5.92 Å². The molecule has 0 atom stereocenters. The van der Waals surface area contributed by atoms with Crippen LogP contribution >= 0.6 is 0 Å². The van der Waals surface area contributed by atoms with Gasteiger partial charge in [-0.2, -0.15) is 0 Å². The topological polar surface area (TPSA) is 46.5 Å². The van der Waals surface area contributed by atoms with Crippen LogP contribution in [0.25, 0.3) is 0 Å². The third-order valence-corrected chi connectivity index (χ3v) is 3.92. The first kappa shape index (κ1) is 10.9. The molecule has 3 heteroatoms. The molecule has 2 rings (SSSR count). The van der Waals surface area contributed by atoms with Gasteiger partial charge in [-0.05, 0) is 50.9 Å². The average Bonchev–Trinajstić information content (AvgIpc) is 2.14. The second kappa shape index (κ2) is 4.12. The maximum atomic E-state index is 11.3. The molecule has 0 aromatic heterocycles.